The number of hydrogen-bond donors (Lipinski definition) is 0. The van der Waals surface area contributed by atoms with E-state index in [-0.39, 0.29) is 23.3 Å². The Balaban J connectivity index is 1.77. The Hall–Kier alpha value is -2.44. The number of amides is 1. The SMILES string of the molecule is CC(CC#N)N(C)C(=O)CCc1nc2cc(S(=O)(=O)N3CCCCC3)ccc2n1C. The van der Waals surface area contributed by atoms with Gasteiger partial charge in [-0.1, -0.05) is 6.42 Å². The summed E-state index contributed by atoms with van der Waals surface area (Å²) in [4.78, 5) is 18.9. The van der Waals surface area contributed by atoms with Crippen molar-refractivity contribution in [2.24, 2.45) is 7.05 Å². The molecule has 1 fully saturated rings. The summed E-state index contributed by atoms with van der Waals surface area (Å²) < 4.78 is 29.4. The van der Waals surface area contributed by atoms with Crippen molar-refractivity contribution in [2.45, 2.75) is 56.4 Å². The molecule has 0 saturated carbocycles. The second-order valence-corrected chi connectivity index (χ2v) is 9.86. The number of aromatic nitrogens is 2. The molecule has 0 bridgehead atoms. The minimum absolute atomic E-state index is 0.0434. The smallest absolute Gasteiger partial charge is 0.243 e. The lowest BCUT2D eigenvalue weighted by atomic mass is 10.2. The van der Waals surface area contributed by atoms with E-state index in [1.165, 1.54) is 0 Å². The molecular weight excluding hydrogens is 402 g/mol. The summed E-state index contributed by atoms with van der Waals surface area (Å²) in [6.07, 6.45) is 3.88. The van der Waals surface area contributed by atoms with Crippen LogP contribution in [0.5, 0.6) is 0 Å². The van der Waals surface area contributed by atoms with Gasteiger partial charge >= 0.3 is 0 Å². The summed E-state index contributed by atoms with van der Waals surface area (Å²) in [6.45, 7) is 2.97. The van der Waals surface area contributed by atoms with Crippen LogP contribution in [-0.2, 0) is 28.3 Å². The topological polar surface area (TPSA) is 99.3 Å². The first kappa shape index (κ1) is 22.2. The van der Waals surface area contributed by atoms with Crippen LogP contribution in [0.3, 0.4) is 0 Å². The number of hydrogen-bond acceptors (Lipinski definition) is 5. The maximum atomic E-state index is 12.9. The van der Waals surface area contributed by atoms with Crippen molar-refractivity contribution in [1.82, 2.24) is 18.8 Å². The Labute approximate surface area is 178 Å². The normalized spacial score (nSPS) is 16.3. The summed E-state index contributed by atoms with van der Waals surface area (Å²) in [5.74, 6) is 0.686. The van der Waals surface area contributed by atoms with Crippen LogP contribution in [0.2, 0.25) is 0 Å². The lowest BCUT2D eigenvalue weighted by Gasteiger charge is -2.25. The lowest BCUT2D eigenvalue weighted by molar-refractivity contribution is -0.131. The van der Waals surface area contributed by atoms with Crippen molar-refractivity contribution in [3.63, 3.8) is 0 Å². The van der Waals surface area contributed by atoms with E-state index in [0.717, 1.165) is 30.6 Å². The third kappa shape index (κ3) is 4.50. The molecule has 3 rings (SSSR count). The van der Waals surface area contributed by atoms with Gasteiger partial charge in [0.25, 0.3) is 0 Å². The Morgan fingerprint density at radius 1 is 1.30 bits per heavy atom. The van der Waals surface area contributed by atoms with Crippen molar-refractivity contribution in [3.05, 3.63) is 24.0 Å². The van der Waals surface area contributed by atoms with E-state index in [1.54, 1.807) is 34.5 Å². The van der Waals surface area contributed by atoms with Crippen LogP contribution in [-0.4, -0.2) is 59.3 Å². The molecular formula is C21H29N5O3S. The molecule has 8 nitrogen and oxygen atoms in total. The van der Waals surface area contributed by atoms with Gasteiger partial charge in [-0.2, -0.15) is 9.57 Å². The van der Waals surface area contributed by atoms with Gasteiger partial charge in [-0.05, 0) is 38.0 Å². The number of rotatable bonds is 7. The molecule has 1 unspecified atom stereocenters. The second-order valence-electron chi connectivity index (χ2n) is 7.92. The maximum absolute atomic E-state index is 12.9. The molecule has 1 amide bonds. The van der Waals surface area contributed by atoms with E-state index in [9.17, 15) is 13.2 Å². The van der Waals surface area contributed by atoms with Gasteiger partial charge in [-0.3, -0.25) is 4.79 Å². The van der Waals surface area contributed by atoms with E-state index in [4.69, 9.17) is 5.26 Å². The van der Waals surface area contributed by atoms with Crippen LogP contribution < -0.4 is 0 Å². The van der Waals surface area contributed by atoms with Crippen LogP contribution in [0.25, 0.3) is 11.0 Å². The zero-order valence-corrected chi connectivity index (χ0v) is 18.7. The van der Waals surface area contributed by atoms with Crippen molar-refractivity contribution in [1.29, 1.82) is 5.26 Å². The molecule has 1 atom stereocenters. The average molecular weight is 432 g/mol. The number of carbonyl (C=O) groups excluding carboxylic acids is 1. The van der Waals surface area contributed by atoms with E-state index in [0.29, 0.717) is 31.4 Å². The highest BCUT2D eigenvalue weighted by molar-refractivity contribution is 7.89. The molecule has 0 radical (unpaired) electrons. The maximum Gasteiger partial charge on any atom is 0.243 e. The molecule has 2 heterocycles. The predicted molar refractivity (Wildman–Crippen MR) is 114 cm³/mol. The monoisotopic (exact) mass is 431 g/mol. The average Bonchev–Trinajstić information content (AvgIpc) is 3.07. The first-order chi connectivity index (χ1) is 14.3. The third-order valence-electron chi connectivity index (χ3n) is 5.90. The van der Waals surface area contributed by atoms with Gasteiger partial charge in [0.2, 0.25) is 15.9 Å². The zero-order chi connectivity index (χ0) is 21.9. The van der Waals surface area contributed by atoms with Crippen LogP contribution >= 0.6 is 0 Å². The molecule has 0 aliphatic carbocycles. The van der Waals surface area contributed by atoms with Gasteiger partial charge in [0.1, 0.15) is 5.82 Å². The number of aryl methyl sites for hydroxylation is 2. The Bertz CT molecular complexity index is 1060. The Morgan fingerprint density at radius 3 is 2.67 bits per heavy atom. The molecule has 162 valence electrons. The van der Waals surface area contributed by atoms with Crippen LogP contribution in [0.1, 0.15) is 44.9 Å². The van der Waals surface area contributed by atoms with Gasteiger partial charge in [-0.15, -0.1) is 0 Å². The fourth-order valence-electron chi connectivity index (χ4n) is 3.78. The fraction of sp³-hybridized carbons (Fsp3) is 0.571. The van der Waals surface area contributed by atoms with E-state index in [1.807, 2.05) is 18.5 Å². The second kappa shape index (κ2) is 9.14. The highest BCUT2D eigenvalue weighted by Gasteiger charge is 2.26. The first-order valence-electron chi connectivity index (χ1n) is 10.3. The summed E-state index contributed by atoms with van der Waals surface area (Å²) in [5.41, 5.74) is 1.45. The molecule has 1 saturated heterocycles. The van der Waals surface area contributed by atoms with Gasteiger partial charge in [0.15, 0.2) is 0 Å². The quantitative estimate of drug-likeness (QED) is 0.670. The van der Waals surface area contributed by atoms with Gasteiger partial charge < -0.3 is 9.47 Å². The number of carbonyl (C=O) groups is 1. The molecule has 2 aromatic rings. The highest BCUT2D eigenvalue weighted by Crippen LogP contribution is 2.25. The molecule has 30 heavy (non-hydrogen) atoms. The van der Waals surface area contributed by atoms with E-state index >= 15 is 0 Å². The summed E-state index contributed by atoms with van der Waals surface area (Å²) in [5, 5.41) is 8.81. The zero-order valence-electron chi connectivity index (χ0n) is 17.8. The molecule has 0 N–H and O–H groups in total. The summed E-state index contributed by atoms with van der Waals surface area (Å²) in [7, 11) is 0.0642. The number of sulfonamides is 1. The minimum atomic E-state index is -3.51. The largest absolute Gasteiger partial charge is 0.342 e. The van der Waals surface area contributed by atoms with Gasteiger partial charge in [0.05, 0.1) is 28.4 Å². The molecule has 9 heteroatoms. The number of nitrogens with zero attached hydrogens (tertiary/aromatic N) is 5. The highest BCUT2D eigenvalue weighted by atomic mass is 32.2. The third-order valence-corrected chi connectivity index (χ3v) is 7.80. The molecule has 0 spiro atoms. The number of imidazole rings is 1. The molecule has 1 aliphatic heterocycles. The summed E-state index contributed by atoms with van der Waals surface area (Å²) in [6, 6.07) is 7.00. The van der Waals surface area contributed by atoms with Crippen LogP contribution in [0, 0.1) is 11.3 Å². The Morgan fingerprint density at radius 2 is 2.00 bits per heavy atom. The number of fused-ring (bicyclic) bond motifs is 1. The first-order valence-corrected chi connectivity index (χ1v) is 11.8. The van der Waals surface area contributed by atoms with Crippen molar-refractivity contribution < 1.29 is 13.2 Å². The fourth-order valence-corrected chi connectivity index (χ4v) is 5.32. The number of benzene rings is 1. The predicted octanol–water partition coefficient (Wildman–Crippen LogP) is 2.44. The molecule has 1 aromatic heterocycles. The van der Waals surface area contributed by atoms with Crippen molar-refractivity contribution in [3.8, 4) is 6.07 Å². The van der Waals surface area contributed by atoms with Crippen molar-refractivity contribution in [2.75, 3.05) is 20.1 Å². The van der Waals surface area contributed by atoms with Gasteiger partial charge in [-0.25, -0.2) is 13.4 Å². The standard InChI is InChI=1S/C21H29N5O3S/c1-16(11-12-22)24(2)21(27)10-9-20-23-18-15-17(7-8-19(18)25(20)3)30(28,29)26-13-5-4-6-14-26/h7-8,15-16H,4-6,9-11,13-14H2,1-3H3. The molecule has 1 aromatic carbocycles. The van der Waals surface area contributed by atoms with Crippen LogP contribution in [0.15, 0.2) is 23.1 Å². The minimum Gasteiger partial charge on any atom is -0.342 e. The van der Waals surface area contributed by atoms with Crippen LogP contribution in [0.4, 0.5) is 0 Å². The van der Waals surface area contributed by atoms with E-state index < -0.39 is 10.0 Å². The number of piperidine rings is 1. The lowest BCUT2D eigenvalue weighted by Crippen LogP contribution is -2.35. The van der Waals surface area contributed by atoms with Crippen molar-refractivity contribution >= 4 is 27.0 Å². The number of nitriles is 1. The van der Waals surface area contributed by atoms with Gasteiger partial charge in [0, 0.05) is 46.1 Å². The Kier molecular flexibility index (Phi) is 6.78. The van der Waals surface area contributed by atoms with E-state index in [2.05, 4.69) is 11.1 Å². The molecule has 1 aliphatic rings. The summed E-state index contributed by atoms with van der Waals surface area (Å²) >= 11 is 0.